The Morgan fingerprint density at radius 3 is 3.03 bits per heavy atom. The standard InChI is InChI=1S/C21H22N4O4/c22-8-14-3-4-19-15(5-14)6-16(11-28-19)23-21(26)18-7-20-25(24-18)9-17(29-20)12-27-10-13-1-2-13/h3-5,7,13,16-17H,1-2,6,9-12H2,(H,23,26)/t16-,17?/m1/s1. The summed E-state index contributed by atoms with van der Waals surface area (Å²) in [5.74, 6) is 1.83. The number of aromatic nitrogens is 2. The molecule has 3 aliphatic rings. The van der Waals surface area contributed by atoms with E-state index in [1.807, 2.05) is 0 Å². The van der Waals surface area contributed by atoms with E-state index in [4.69, 9.17) is 19.5 Å². The Bertz CT molecular complexity index is 952. The number of carbonyl (C=O) groups excluding carboxylic acids is 1. The third-order valence-corrected chi connectivity index (χ3v) is 5.43. The minimum absolute atomic E-state index is 0.0501. The molecule has 1 amide bonds. The number of rotatable bonds is 6. The van der Waals surface area contributed by atoms with Crippen LogP contribution in [0.5, 0.6) is 11.6 Å². The number of nitrogens with one attached hydrogen (secondary N) is 1. The molecule has 5 rings (SSSR count). The quantitative estimate of drug-likeness (QED) is 0.800. The first-order valence-corrected chi connectivity index (χ1v) is 9.97. The maximum atomic E-state index is 12.6. The maximum absolute atomic E-state index is 12.6. The van der Waals surface area contributed by atoms with Gasteiger partial charge in [0.2, 0.25) is 5.88 Å². The molecule has 1 saturated carbocycles. The fourth-order valence-electron chi connectivity index (χ4n) is 3.69. The second-order valence-electron chi connectivity index (χ2n) is 7.89. The third kappa shape index (κ3) is 3.91. The lowest BCUT2D eigenvalue weighted by Gasteiger charge is -2.26. The molecule has 2 aliphatic heterocycles. The lowest BCUT2D eigenvalue weighted by Crippen LogP contribution is -2.43. The zero-order chi connectivity index (χ0) is 19.8. The molecule has 8 nitrogen and oxygen atoms in total. The summed E-state index contributed by atoms with van der Waals surface area (Å²) in [4.78, 5) is 12.6. The Morgan fingerprint density at radius 2 is 2.24 bits per heavy atom. The van der Waals surface area contributed by atoms with Crippen LogP contribution in [0.2, 0.25) is 0 Å². The summed E-state index contributed by atoms with van der Waals surface area (Å²) >= 11 is 0. The molecular formula is C21H22N4O4. The van der Waals surface area contributed by atoms with Crippen LogP contribution in [0.1, 0.15) is 34.5 Å². The molecule has 2 aromatic rings. The Labute approximate surface area is 168 Å². The molecule has 1 aromatic carbocycles. The molecule has 1 fully saturated rings. The number of hydrogen-bond acceptors (Lipinski definition) is 6. The molecule has 0 spiro atoms. The monoisotopic (exact) mass is 394 g/mol. The lowest BCUT2D eigenvalue weighted by molar-refractivity contribution is 0.0535. The molecule has 0 bridgehead atoms. The second kappa shape index (κ2) is 7.41. The SMILES string of the molecule is N#Cc1ccc2c(c1)C[C@@H](NC(=O)c1cc3n(n1)CC(COCC1CC1)O3)CO2. The number of carbonyl (C=O) groups is 1. The van der Waals surface area contributed by atoms with Gasteiger partial charge in [-0.1, -0.05) is 0 Å². The van der Waals surface area contributed by atoms with Crippen LogP contribution in [0.15, 0.2) is 24.3 Å². The molecule has 29 heavy (non-hydrogen) atoms. The number of ether oxygens (including phenoxy) is 3. The van der Waals surface area contributed by atoms with E-state index in [1.54, 1.807) is 28.9 Å². The molecule has 1 N–H and O–H groups in total. The Morgan fingerprint density at radius 1 is 1.34 bits per heavy atom. The van der Waals surface area contributed by atoms with E-state index in [2.05, 4.69) is 16.5 Å². The van der Waals surface area contributed by atoms with Gasteiger partial charge in [-0.25, -0.2) is 4.68 Å². The first-order chi connectivity index (χ1) is 14.2. The topological polar surface area (TPSA) is 98.4 Å². The number of benzene rings is 1. The Hall–Kier alpha value is -3.05. The van der Waals surface area contributed by atoms with Crippen molar-refractivity contribution < 1.29 is 19.0 Å². The first-order valence-electron chi connectivity index (χ1n) is 9.97. The highest BCUT2D eigenvalue weighted by Gasteiger charge is 2.29. The summed E-state index contributed by atoms with van der Waals surface area (Å²) in [6, 6.07) is 8.95. The van der Waals surface area contributed by atoms with Gasteiger partial charge < -0.3 is 19.5 Å². The molecular weight excluding hydrogens is 372 g/mol. The van der Waals surface area contributed by atoms with E-state index < -0.39 is 0 Å². The van der Waals surface area contributed by atoms with Crippen molar-refractivity contribution in [1.82, 2.24) is 15.1 Å². The van der Waals surface area contributed by atoms with Crippen LogP contribution in [0.4, 0.5) is 0 Å². The predicted octanol–water partition coefficient (Wildman–Crippen LogP) is 1.68. The van der Waals surface area contributed by atoms with Crippen molar-refractivity contribution in [1.29, 1.82) is 5.26 Å². The number of fused-ring (bicyclic) bond motifs is 2. The van der Waals surface area contributed by atoms with Crippen molar-refractivity contribution >= 4 is 5.91 Å². The van der Waals surface area contributed by atoms with E-state index in [-0.39, 0.29) is 18.1 Å². The average molecular weight is 394 g/mol. The highest BCUT2D eigenvalue weighted by Crippen LogP contribution is 2.29. The van der Waals surface area contributed by atoms with Gasteiger partial charge in [-0.2, -0.15) is 10.4 Å². The normalized spacial score (nSPS) is 22.0. The van der Waals surface area contributed by atoms with Gasteiger partial charge in [0.05, 0.1) is 30.8 Å². The van der Waals surface area contributed by atoms with Gasteiger partial charge in [0.1, 0.15) is 18.5 Å². The van der Waals surface area contributed by atoms with Crippen LogP contribution < -0.4 is 14.8 Å². The predicted molar refractivity (Wildman–Crippen MR) is 102 cm³/mol. The van der Waals surface area contributed by atoms with Crippen LogP contribution in [0.3, 0.4) is 0 Å². The van der Waals surface area contributed by atoms with Gasteiger partial charge in [0.15, 0.2) is 5.69 Å². The van der Waals surface area contributed by atoms with Crippen molar-refractivity contribution in [3.8, 4) is 17.7 Å². The van der Waals surface area contributed by atoms with Gasteiger partial charge in [-0.05, 0) is 48.9 Å². The highest BCUT2D eigenvalue weighted by atomic mass is 16.5. The third-order valence-electron chi connectivity index (χ3n) is 5.43. The largest absolute Gasteiger partial charge is 0.491 e. The second-order valence-corrected chi connectivity index (χ2v) is 7.89. The van der Waals surface area contributed by atoms with Crippen LogP contribution in [-0.4, -0.2) is 47.7 Å². The zero-order valence-electron chi connectivity index (χ0n) is 16.0. The maximum Gasteiger partial charge on any atom is 0.272 e. The summed E-state index contributed by atoms with van der Waals surface area (Å²) in [5.41, 5.74) is 1.83. The molecule has 2 atom stereocenters. The van der Waals surface area contributed by atoms with Crippen molar-refractivity contribution in [2.24, 2.45) is 5.92 Å². The summed E-state index contributed by atoms with van der Waals surface area (Å²) in [5, 5.41) is 16.4. The summed E-state index contributed by atoms with van der Waals surface area (Å²) in [7, 11) is 0. The van der Waals surface area contributed by atoms with Crippen LogP contribution >= 0.6 is 0 Å². The Balaban J connectivity index is 1.16. The van der Waals surface area contributed by atoms with Gasteiger partial charge in [-0.3, -0.25) is 4.79 Å². The lowest BCUT2D eigenvalue weighted by atomic mass is 10.0. The zero-order valence-corrected chi connectivity index (χ0v) is 16.0. The summed E-state index contributed by atoms with van der Waals surface area (Å²) < 4.78 is 19.0. The highest BCUT2D eigenvalue weighted by molar-refractivity contribution is 5.92. The fourth-order valence-corrected chi connectivity index (χ4v) is 3.69. The Kier molecular flexibility index (Phi) is 4.60. The van der Waals surface area contributed by atoms with Crippen molar-refractivity contribution in [3.63, 3.8) is 0 Å². The fraction of sp³-hybridized carbons (Fsp3) is 0.476. The number of nitriles is 1. The molecule has 0 radical (unpaired) electrons. The molecule has 1 unspecified atom stereocenters. The average Bonchev–Trinajstić information content (AvgIpc) is 3.34. The van der Waals surface area contributed by atoms with Crippen LogP contribution in [-0.2, 0) is 17.7 Å². The van der Waals surface area contributed by atoms with E-state index in [0.717, 1.165) is 23.8 Å². The van der Waals surface area contributed by atoms with Gasteiger partial charge in [-0.15, -0.1) is 0 Å². The molecule has 150 valence electrons. The number of hydrogen-bond donors (Lipinski definition) is 1. The van der Waals surface area contributed by atoms with Crippen molar-refractivity contribution in [2.45, 2.75) is 38.0 Å². The van der Waals surface area contributed by atoms with Crippen LogP contribution in [0.25, 0.3) is 0 Å². The molecule has 8 heteroatoms. The van der Waals surface area contributed by atoms with E-state index >= 15 is 0 Å². The molecule has 1 aliphatic carbocycles. The van der Waals surface area contributed by atoms with Crippen LogP contribution in [0, 0.1) is 17.2 Å². The summed E-state index contributed by atoms with van der Waals surface area (Å²) in [6.45, 7) is 2.32. The van der Waals surface area contributed by atoms with E-state index in [1.165, 1.54) is 12.8 Å². The van der Waals surface area contributed by atoms with Gasteiger partial charge in [0.25, 0.3) is 5.91 Å². The number of nitrogens with zero attached hydrogens (tertiary/aromatic N) is 3. The van der Waals surface area contributed by atoms with Crippen molar-refractivity contribution in [3.05, 3.63) is 41.1 Å². The molecule has 3 heterocycles. The van der Waals surface area contributed by atoms with Crippen molar-refractivity contribution in [2.75, 3.05) is 19.8 Å². The first kappa shape index (κ1) is 18.0. The van der Waals surface area contributed by atoms with Gasteiger partial charge in [0, 0.05) is 12.7 Å². The minimum atomic E-state index is -0.259. The number of amides is 1. The van der Waals surface area contributed by atoms with Gasteiger partial charge >= 0.3 is 0 Å². The van der Waals surface area contributed by atoms with E-state index in [9.17, 15) is 4.79 Å². The smallest absolute Gasteiger partial charge is 0.272 e. The minimum Gasteiger partial charge on any atom is -0.491 e. The molecule has 0 saturated heterocycles. The molecule has 1 aromatic heterocycles. The van der Waals surface area contributed by atoms with E-state index in [0.29, 0.717) is 43.3 Å². The summed E-state index contributed by atoms with van der Waals surface area (Å²) in [6.07, 6.45) is 3.10.